The van der Waals surface area contributed by atoms with Crippen LogP contribution in [-0.2, 0) is 30.1 Å². The predicted octanol–water partition coefficient (Wildman–Crippen LogP) is 4.30. The number of nitrogens with two attached hydrogens (primary N) is 1. The molecule has 0 saturated carbocycles. The molecule has 0 aliphatic heterocycles. The van der Waals surface area contributed by atoms with E-state index < -0.39 is 17.6 Å². The number of unbranched alkanes of at least 4 members (excludes halogenated alkanes) is 1. The summed E-state index contributed by atoms with van der Waals surface area (Å²) in [7, 11) is -7.64. The Bertz CT molecular complexity index is 951. The minimum atomic E-state index is -3.90. The van der Waals surface area contributed by atoms with E-state index in [1.807, 2.05) is 0 Å². The van der Waals surface area contributed by atoms with E-state index in [2.05, 4.69) is 11.6 Å². The lowest BCUT2D eigenvalue weighted by Gasteiger charge is -2.21. The van der Waals surface area contributed by atoms with E-state index in [-0.39, 0.29) is 29.1 Å². The van der Waals surface area contributed by atoms with Gasteiger partial charge in [-0.3, -0.25) is 9.29 Å². The van der Waals surface area contributed by atoms with Crippen LogP contribution in [0.25, 0.3) is 0 Å². The maximum atomic E-state index is 13.2. The lowest BCUT2D eigenvalue weighted by atomic mass is 10.1. The molecule has 0 aliphatic rings. The monoisotopic (exact) mass is 440 g/mol. The fraction of sp³-hybridized carbons (Fsp3) is 0.400. The Labute approximate surface area is 173 Å². The Morgan fingerprint density at radius 2 is 1.62 bits per heavy atom. The molecule has 0 bridgehead atoms. The second kappa shape index (κ2) is 10.3. The van der Waals surface area contributed by atoms with Crippen LogP contribution in [0.3, 0.4) is 0 Å². The maximum Gasteiger partial charge on any atom is 0.363 e. The Kier molecular flexibility index (Phi) is 8.28. The lowest BCUT2D eigenvalue weighted by molar-refractivity contribution is 0.230. The van der Waals surface area contributed by atoms with Gasteiger partial charge in [-0.05, 0) is 62.6 Å². The maximum absolute atomic E-state index is 13.2. The van der Waals surface area contributed by atoms with Gasteiger partial charge in [0.1, 0.15) is 0 Å². The number of anilines is 2. The summed E-state index contributed by atoms with van der Waals surface area (Å²) in [5, 5.41) is 0.0874. The third kappa shape index (κ3) is 6.06. The van der Waals surface area contributed by atoms with Gasteiger partial charge in [-0.1, -0.05) is 25.5 Å². The van der Waals surface area contributed by atoms with Crippen LogP contribution in [0.5, 0.6) is 0 Å². The third-order valence-electron chi connectivity index (χ3n) is 4.21. The number of nitrogen functional groups attached to an aromatic ring is 1. The van der Waals surface area contributed by atoms with Crippen molar-refractivity contribution in [3.8, 4) is 0 Å². The summed E-state index contributed by atoms with van der Waals surface area (Å²) in [4.78, 5) is 0.114. The van der Waals surface area contributed by atoms with Gasteiger partial charge in [-0.25, -0.2) is 8.42 Å². The van der Waals surface area contributed by atoms with E-state index in [0.29, 0.717) is 5.69 Å². The summed E-state index contributed by atoms with van der Waals surface area (Å²) in [5.74, 6) is 0. The second-order valence-electron chi connectivity index (χ2n) is 6.46. The first kappa shape index (κ1) is 23.4. The van der Waals surface area contributed by atoms with Gasteiger partial charge >= 0.3 is 7.60 Å². The second-order valence-corrected chi connectivity index (χ2v) is 10.1. The number of benzene rings is 2. The van der Waals surface area contributed by atoms with Gasteiger partial charge in [0.05, 0.1) is 29.1 Å². The summed E-state index contributed by atoms with van der Waals surface area (Å²) >= 11 is 0. The van der Waals surface area contributed by atoms with E-state index in [1.54, 1.807) is 38.1 Å². The van der Waals surface area contributed by atoms with Gasteiger partial charge in [0.25, 0.3) is 10.0 Å². The van der Waals surface area contributed by atoms with Crippen molar-refractivity contribution in [1.82, 2.24) is 0 Å². The fourth-order valence-corrected chi connectivity index (χ4v) is 5.72. The molecule has 0 unspecified atom stereocenters. The average molecular weight is 441 g/mol. The number of nitrogens with one attached hydrogen (secondary N) is 1. The number of aryl methyl sites for hydroxylation is 1. The van der Waals surface area contributed by atoms with Crippen LogP contribution in [-0.4, -0.2) is 21.6 Å². The molecular formula is C20H29N2O5PS. The molecule has 0 atom stereocenters. The molecular weight excluding hydrogens is 411 g/mol. The van der Waals surface area contributed by atoms with Crippen molar-refractivity contribution in [2.45, 2.75) is 44.9 Å². The van der Waals surface area contributed by atoms with E-state index in [0.717, 1.165) is 24.8 Å². The molecule has 0 amide bonds. The summed E-state index contributed by atoms with van der Waals surface area (Å²) in [6.07, 6.45) is 3.02. The molecule has 2 aromatic rings. The Hall–Kier alpha value is -1.86. The molecule has 0 fully saturated rings. The molecule has 7 nitrogen and oxygen atoms in total. The van der Waals surface area contributed by atoms with Crippen molar-refractivity contribution in [2.24, 2.45) is 0 Å². The molecule has 2 rings (SSSR count). The van der Waals surface area contributed by atoms with Crippen LogP contribution in [0.2, 0.25) is 0 Å². The van der Waals surface area contributed by atoms with Gasteiger partial charge in [-0.15, -0.1) is 0 Å². The van der Waals surface area contributed by atoms with Crippen LogP contribution in [0, 0.1) is 0 Å². The van der Waals surface area contributed by atoms with E-state index in [9.17, 15) is 13.0 Å². The minimum Gasteiger partial charge on any atom is -0.399 e. The first-order valence-corrected chi connectivity index (χ1v) is 12.7. The van der Waals surface area contributed by atoms with Gasteiger partial charge in [-0.2, -0.15) is 0 Å². The molecule has 0 aromatic heterocycles. The molecule has 29 heavy (non-hydrogen) atoms. The molecule has 3 N–H and O–H groups in total. The molecule has 160 valence electrons. The predicted molar refractivity (Wildman–Crippen MR) is 117 cm³/mol. The van der Waals surface area contributed by atoms with E-state index in [1.165, 1.54) is 18.2 Å². The Morgan fingerprint density at radius 1 is 1.00 bits per heavy atom. The highest BCUT2D eigenvalue weighted by Gasteiger charge is 2.31. The quantitative estimate of drug-likeness (QED) is 0.398. The van der Waals surface area contributed by atoms with Gasteiger partial charge in [0, 0.05) is 5.69 Å². The molecule has 0 spiro atoms. The van der Waals surface area contributed by atoms with Crippen molar-refractivity contribution >= 4 is 34.3 Å². The number of rotatable bonds is 11. The van der Waals surface area contributed by atoms with Crippen molar-refractivity contribution in [3.05, 3.63) is 48.0 Å². The van der Waals surface area contributed by atoms with Gasteiger partial charge in [0.2, 0.25) is 0 Å². The molecule has 0 radical (unpaired) electrons. The van der Waals surface area contributed by atoms with Crippen molar-refractivity contribution in [1.29, 1.82) is 0 Å². The summed E-state index contributed by atoms with van der Waals surface area (Å²) < 4.78 is 52.2. The average Bonchev–Trinajstić information content (AvgIpc) is 2.68. The van der Waals surface area contributed by atoms with Crippen LogP contribution in [0.4, 0.5) is 11.4 Å². The third-order valence-corrected chi connectivity index (χ3v) is 7.75. The SMILES string of the molecule is CCCCc1ccc(S(=O)(=O)Nc2ccc(N)cc2P(=O)(OCC)OCC)cc1. The zero-order valence-electron chi connectivity index (χ0n) is 17.1. The topological polar surface area (TPSA) is 108 Å². The largest absolute Gasteiger partial charge is 0.399 e. The molecule has 9 heteroatoms. The van der Waals surface area contributed by atoms with E-state index >= 15 is 0 Å². The Morgan fingerprint density at radius 3 is 2.17 bits per heavy atom. The van der Waals surface area contributed by atoms with Crippen LogP contribution in [0.1, 0.15) is 39.2 Å². The molecule has 0 saturated heterocycles. The normalized spacial score (nSPS) is 12.1. The first-order valence-electron chi connectivity index (χ1n) is 9.66. The van der Waals surface area contributed by atoms with Crippen LogP contribution < -0.4 is 15.8 Å². The molecule has 0 aliphatic carbocycles. The summed E-state index contributed by atoms with van der Waals surface area (Å²) in [6, 6.07) is 11.1. The fourth-order valence-electron chi connectivity index (χ4n) is 2.80. The number of sulfonamides is 1. The molecule has 0 heterocycles. The highest BCUT2D eigenvalue weighted by Crippen LogP contribution is 2.49. The zero-order valence-corrected chi connectivity index (χ0v) is 18.8. The highest BCUT2D eigenvalue weighted by atomic mass is 32.2. The summed E-state index contributed by atoms with van der Waals surface area (Å²) in [5.41, 5.74) is 7.35. The van der Waals surface area contributed by atoms with Crippen LogP contribution in [0.15, 0.2) is 47.4 Å². The zero-order chi connectivity index (χ0) is 21.5. The Balaban J connectivity index is 2.39. The minimum absolute atomic E-state index is 0.0874. The van der Waals surface area contributed by atoms with Crippen LogP contribution >= 0.6 is 7.60 Å². The number of hydrogen-bond donors (Lipinski definition) is 2. The van der Waals surface area contributed by atoms with E-state index in [4.69, 9.17) is 14.8 Å². The smallest absolute Gasteiger partial charge is 0.363 e. The summed E-state index contributed by atoms with van der Waals surface area (Å²) in [6.45, 7) is 5.74. The standard InChI is InChI=1S/C20H29N2O5PS/c1-4-7-8-16-9-12-18(13-10-16)29(24,25)22-19-14-11-17(21)15-20(19)28(23,26-5-2)27-6-3/h9-15,22H,4-8,21H2,1-3H3. The molecule has 2 aromatic carbocycles. The van der Waals surface area contributed by atoms with Crippen molar-refractivity contribution in [2.75, 3.05) is 23.7 Å². The van der Waals surface area contributed by atoms with Crippen molar-refractivity contribution in [3.63, 3.8) is 0 Å². The van der Waals surface area contributed by atoms with Crippen molar-refractivity contribution < 1.29 is 22.0 Å². The lowest BCUT2D eigenvalue weighted by Crippen LogP contribution is -2.21. The van der Waals surface area contributed by atoms with Gasteiger partial charge < -0.3 is 14.8 Å². The first-order chi connectivity index (χ1) is 13.8. The highest BCUT2D eigenvalue weighted by molar-refractivity contribution is 7.92. The van der Waals surface area contributed by atoms with Gasteiger partial charge in [0.15, 0.2) is 0 Å². The number of hydrogen-bond acceptors (Lipinski definition) is 6.